The van der Waals surface area contributed by atoms with Gasteiger partial charge in [-0.25, -0.2) is 0 Å². The Balaban J connectivity index is 1.71. The summed E-state index contributed by atoms with van der Waals surface area (Å²) in [6.45, 7) is 5.48. The van der Waals surface area contributed by atoms with E-state index in [0.717, 1.165) is 12.1 Å². The second kappa shape index (κ2) is 6.55. The lowest BCUT2D eigenvalue weighted by Gasteiger charge is -2.17. The van der Waals surface area contributed by atoms with Crippen molar-refractivity contribution in [2.24, 2.45) is 5.73 Å². The topological polar surface area (TPSA) is 46.3 Å². The molecule has 3 heteroatoms. The molecule has 120 valence electrons. The molecule has 1 amide bonds. The quantitative estimate of drug-likeness (QED) is 0.948. The number of amides is 1. The van der Waals surface area contributed by atoms with Crippen LogP contribution in [0.1, 0.15) is 28.2 Å². The molecule has 2 aromatic rings. The van der Waals surface area contributed by atoms with Crippen LogP contribution in [0.5, 0.6) is 0 Å². The molecule has 23 heavy (non-hydrogen) atoms. The molecule has 1 saturated heterocycles. The third kappa shape index (κ3) is 3.45. The first-order valence-electron chi connectivity index (χ1n) is 8.19. The number of carbonyl (C=O) groups excluding carboxylic acids is 1. The van der Waals surface area contributed by atoms with Crippen molar-refractivity contribution in [1.82, 2.24) is 4.90 Å². The maximum Gasteiger partial charge on any atom is 0.227 e. The van der Waals surface area contributed by atoms with Gasteiger partial charge in [-0.1, -0.05) is 54.1 Å². The second-order valence-electron chi connectivity index (χ2n) is 6.59. The number of hydrogen-bond acceptors (Lipinski definition) is 2. The molecule has 0 aromatic heterocycles. The van der Waals surface area contributed by atoms with E-state index in [1.807, 2.05) is 23.1 Å². The number of benzene rings is 2. The summed E-state index contributed by atoms with van der Waals surface area (Å²) in [5, 5.41) is 0. The molecule has 0 aliphatic carbocycles. The van der Waals surface area contributed by atoms with Gasteiger partial charge in [-0.15, -0.1) is 0 Å². The van der Waals surface area contributed by atoms with Crippen molar-refractivity contribution in [1.29, 1.82) is 0 Å². The molecule has 0 saturated carbocycles. The van der Waals surface area contributed by atoms with Gasteiger partial charge in [-0.05, 0) is 30.5 Å². The largest absolute Gasteiger partial charge is 0.340 e. The first kappa shape index (κ1) is 15.8. The van der Waals surface area contributed by atoms with Gasteiger partial charge in [0.05, 0.1) is 6.42 Å². The Labute approximate surface area is 138 Å². The predicted octanol–water partition coefficient (Wildman–Crippen LogP) is 2.80. The molecule has 0 spiro atoms. The molecule has 2 N–H and O–H groups in total. The zero-order chi connectivity index (χ0) is 16.4. The zero-order valence-electron chi connectivity index (χ0n) is 13.8. The number of carbonyl (C=O) groups is 1. The molecule has 0 unspecified atom stereocenters. The highest BCUT2D eigenvalue weighted by molar-refractivity contribution is 5.79. The first-order chi connectivity index (χ1) is 11.0. The summed E-state index contributed by atoms with van der Waals surface area (Å²) < 4.78 is 0. The van der Waals surface area contributed by atoms with Crippen LogP contribution < -0.4 is 5.73 Å². The zero-order valence-corrected chi connectivity index (χ0v) is 13.8. The van der Waals surface area contributed by atoms with Crippen molar-refractivity contribution in [2.75, 3.05) is 13.1 Å². The van der Waals surface area contributed by atoms with Crippen LogP contribution in [-0.2, 0) is 11.2 Å². The van der Waals surface area contributed by atoms with E-state index < -0.39 is 0 Å². The van der Waals surface area contributed by atoms with Crippen LogP contribution in [-0.4, -0.2) is 29.9 Å². The Morgan fingerprint density at radius 2 is 1.87 bits per heavy atom. The summed E-state index contributed by atoms with van der Waals surface area (Å²) >= 11 is 0. The van der Waals surface area contributed by atoms with Gasteiger partial charge in [0.15, 0.2) is 0 Å². The number of likely N-dealkylation sites (tertiary alicyclic amines) is 1. The second-order valence-corrected chi connectivity index (χ2v) is 6.59. The highest BCUT2D eigenvalue weighted by Crippen LogP contribution is 2.27. The van der Waals surface area contributed by atoms with E-state index in [9.17, 15) is 4.79 Å². The van der Waals surface area contributed by atoms with Crippen molar-refractivity contribution in [3.8, 4) is 0 Å². The van der Waals surface area contributed by atoms with Crippen molar-refractivity contribution in [3.63, 3.8) is 0 Å². The van der Waals surface area contributed by atoms with Gasteiger partial charge in [0, 0.05) is 25.0 Å². The summed E-state index contributed by atoms with van der Waals surface area (Å²) in [7, 11) is 0. The Bertz CT molecular complexity index is 696. The highest BCUT2D eigenvalue weighted by Gasteiger charge is 2.33. The normalized spacial score (nSPS) is 20.7. The smallest absolute Gasteiger partial charge is 0.227 e. The van der Waals surface area contributed by atoms with E-state index >= 15 is 0 Å². The lowest BCUT2D eigenvalue weighted by atomic mass is 9.95. The summed E-state index contributed by atoms with van der Waals surface area (Å²) in [6, 6.07) is 16.6. The van der Waals surface area contributed by atoms with Gasteiger partial charge in [0.1, 0.15) is 0 Å². The average Bonchev–Trinajstić information content (AvgIpc) is 2.94. The fourth-order valence-corrected chi connectivity index (χ4v) is 3.35. The monoisotopic (exact) mass is 308 g/mol. The van der Waals surface area contributed by atoms with E-state index in [-0.39, 0.29) is 17.9 Å². The van der Waals surface area contributed by atoms with Crippen molar-refractivity contribution in [2.45, 2.75) is 32.2 Å². The van der Waals surface area contributed by atoms with Crippen LogP contribution in [0.25, 0.3) is 0 Å². The molecular weight excluding hydrogens is 284 g/mol. The van der Waals surface area contributed by atoms with Gasteiger partial charge < -0.3 is 10.6 Å². The lowest BCUT2D eigenvalue weighted by molar-refractivity contribution is -0.129. The lowest BCUT2D eigenvalue weighted by Crippen LogP contribution is -2.33. The molecule has 1 aliphatic heterocycles. The average molecular weight is 308 g/mol. The van der Waals surface area contributed by atoms with Gasteiger partial charge >= 0.3 is 0 Å². The van der Waals surface area contributed by atoms with E-state index in [1.54, 1.807) is 0 Å². The molecule has 1 heterocycles. The Kier molecular flexibility index (Phi) is 4.49. The van der Waals surface area contributed by atoms with Crippen molar-refractivity contribution in [3.05, 3.63) is 70.8 Å². The van der Waals surface area contributed by atoms with Crippen LogP contribution in [0.3, 0.4) is 0 Å². The molecule has 1 aliphatic rings. The van der Waals surface area contributed by atoms with Crippen molar-refractivity contribution < 1.29 is 4.79 Å². The Morgan fingerprint density at radius 1 is 1.13 bits per heavy atom. The fraction of sp³-hybridized carbons (Fsp3) is 0.350. The third-order valence-electron chi connectivity index (χ3n) is 4.79. The third-order valence-corrected chi connectivity index (χ3v) is 4.79. The number of hydrogen-bond donors (Lipinski definition) is 1. The summed E-state index contributed by atoms with van der Waals surface area (Å²) in [4.78, 5) is 14.6. The van der Waals surface area contributed by atoms with Gasteiger partial charge in [-0.3, -0.25) is 4.79 Å². The first-order valence-corrected chi connectivity index (χ1v) is 8.19. The van der Waals surface area contributed by atoms with Crippen LogP contribution in [0, 0.1) is 13.8 Å². The summed E-state index contributed by atoms with van der Waals surface area (Å²) in [6.07, 6.45) is 0.460. The molecule has 2 atom stereocenters. The molecule has 3 rings (SSSR count). The molecule has 0 bridgehead atoms. The van der Waals surface area contributed by atoms with E-state index in [4.69, 9.17) is 5.73 Å². The molecule has 0 radical (unpaired) electrons. The van der Waals surface area contributed by atoms with E-state index in [2.05, 4.69) is 44.2 Å². The minimum atomic E-state index is 0.0138. The Morgan fingerprint density at radius 3 is 2.61 bits per heavy atom. The number of aryl methyl sites for hydroxylation is 2. The predicted molar refractivity (Wildman–Crippen MR) is 93.4 cm³/mol. The van der Waals surface area contributed by atoms with E-state index in [0.29, 0.717) is 13.0 Å². The molecule has 2 aromatic carbocycles. The SMILES string of the molecule is Cc1ccc(C)c(CC(=O)N2C[C@@H](N)[C@H](c3ccccc3)C2)c1. The van der Waals surface area contributed by atoms with Crippen molar-refractivity contribution >= 4 is 5.91 Å². The minimum absolute atomic E-state index is 0.0138. The number of nitrogens with zero attached hydrogens (tertiary/aromatic N) is 1. The van der Waals surface area contributed by atoms with Gasteiger partial charge in [0.25, 0.3) is 0 Å². The van der Waals surface area contributed by atoms with Crippen LogP contribution in [0.15, 0.2) is 48.5 Å². The standard InChI is InChI=1S/C20H24N2O/c1-14-8-9-15(2)17(10-14)11-20(23)22-12-18(19(21)13-22)16-6-4-3-5-7-16/h3-10,18-19H,11-13,21H2,1-2H3/t18-,19+/m0/s1. The summed E-state index contributed by atoms with van der Waals surface area (Å²) in [5.41, 5.74) is 11.0. The van der Waals surface area contributed by atoms with Crippen LogP contribution in [0.4, 0.5) is 0 Å². The minimum Gasteiger partial charge on any atom is -0.340 e. The van der Waals surface area contributed by atoms with Gasteiger partial charge in [0.2, 0.25) is 5.91 Å². The number of rotatable bonds is 3. The molecular formula is C20H24N2O. The van der Waals surface area contributed by atoms with E-state index in [1.165, 1.54) is 16.7 Å². The summed E-state index contributed by atoms with van der Waals surface area (Å²) in [5.74, 6) is 0.409. The molecule has 1 fully saturated rings. The maximum absolute atomic E-state index is 12.7. The van der Waals surface area contributed by atoms with Crippen LogP contribution >= 0.6 is 0 Å². The fourth-order valence-electron chi connectivity index (χ4n) is 3.35. The van der Waals surface area contributed by atoms with Crippen LogP contribution in [0.2, 0.25) is 0 Å². The maximum atomic E-state index is 12.7. The molecule has 3 nitrogen and oxygen atoms in total. The highest BCUT2D eigenvalue weighted by atomic mass is 16.2. The van der Waals surface area contributed by atoms with Gasteiger partial charge in [-0.2, -0.15) is 0 Å². The Hall–Kier alpha value is -2.13. The number of nitrogens with two attached hydrogens (primary N) is 1.